The van der Waals surface area contributed by atoms with E-state index < -0.39 is 0 Å². The number of hydrogen-bond donors (Lipinski definition) is 1. The van der Waals surface area contributed by atoms with Crippen molar-refractivity contribution in [2.75, 3.05) is 7.11 Å². The number of methoxy groups -OCH3 is 1. The monoisotopic (exact) mass is 353 g/mol. The fourth-order valence-corrected chi connectivity index (χ4v) is 3.26. The summed E-state index contributed by atoms with van der Waals surface area (Å²) in [6, 6.07) is 15.9. The zero-order valence-electron chi connectivity index (χ0n) is 15.4. The predicted molar refractivity (Wildman–Crippen MR) is 102 cm³/mol. The van der Waals surface area contributed by atoms with Crippen LogP contribution in [-0.4, -0.2) is 19.1 Å². The summed E-state index contributed by atoms with van der Waals surface area (Å²) in [6.45, 7) is 0.535. The maximum absolute atomic E-state index is 12.1. The Morgan fingerprint density at radius 3 is 2.54 bits per heavy atom. The molecule has 1 amide bonds. The van der Waals surface area contributed by atoms with E-state index in [9.17, 15) is 4.79 Å². The van der Waals surface area contributed by atoms with Crippen LogP contribution >= 0.6 is 0 Å². The summed E-state index contributed by atoms with van der Waals surface area (Å²) >= 11 is 0. The molecule has 0 heterocycles. The molecule has 0 unspecified atom stereocenters. The molecule has 0 bridgehead atoms. The highest BCUT2D eigenvalue weighted by atomic mass is 16.5. The summed E-state index contributed by atoms with van der Waals surface area (Å²) in [5, 5.41) is 2.97. The first-order valence-corrected chi connectivity index (χ1v) is 9.38. The average molecular weight is 353 g/mol. The van der Waals surface area contributed by atoms with Gasteiger partial charge < -0.3 is 14.8 Å². The van der Waals surface area contributed by atoms with Gasteiger partial charge in [0.2, 0.25) is 5.91 Å². The van der Waals surface area contributed by atoms with E-state index in [0.717, 1.165) is 41.9 Å². The Balaban J connectivity index is 1.43. The highest BCUT2D eigenvalue weighted by Crippen LogP contribution is 2.24. The number of benzene rings is 2. The van der Waals surface area contributed by atoms with Crippen molar-refractivity contribution in [1.29, 1.82) is 0 Å². The van der Waals surface area contributed by atoms with Gasteiger partial charge in [-0.25, -0.2) is 0 Å². The van der Waals surface area contributed by atoms with Crippen LogP contribution < -0.4 is 14.8 Å². The van der Waals surface area contributed by atoms with Gasteiger partial charge in [0.05, 0.1) is 13.2 Å². The van der Waals surface area contributed by atoms with E-state index in [2.05, 4.69) is 17.4 Å². The van der Waals surface area contributed by atoms with Crippen molar-refractivity contribution < 1.29 is 14.3 Å². The first-order chi connectivity index (χ1) is 12.7. The van der Waals surface area contributed by atoms with Crippen LogP contribution in [0.1, 0.15) is 43.2 Å². The molecule has 3 rings (SSSR count). The van der Waals surface area contributed by atoms with Crippen molar-refractivity contribution in [3.63, 3.8) is 0 Å². The van der Waals surface area contributed by atoms with Crippen molar-refractivity contribution in [3.05, 3.63) is 59.7 Å². The lowest BCUT2D eigenvalue weighted by Crippen LogP contribution is -2.23. The molecule has 26 heavy (non-hydrogen) atoms. The Kier molecular flexibility index (Phi) is 6.53. The molecule has 0 saturated heterocycles. The lowest BCUT2D eigenvalue weighted by Gasteiger charge is -2.14. The van der Waals surface area contributed by atoms with Crippen molar-refractivity contribution in [1.82, 2.24) is 5.32 Å². The van der Waals surface area contributed by atoms with Gasteiger partial charge in [0, 0.05) is 13.0 Å². The molecule has 0 aromatic heterocycles. The van der Waals surface area contributed by atoms with Gasteiger partial charge in [0.1, 0.15) is 11.5 Å². The van der Waals surface area contributed by atoms with E-state index in [1.54, 1.807) is 7.11 Å². The van der Waals surface area contributed by atoms with Gasteiger partial charge in [0.25, 0.3) is 0 Å². The summed E-state index contributed by atoms with van der Waals surface area (Å²) in [5.74, 6) is 1.80. The Morgan fingerprint density at radius 1 is 1.04 bits per heavy atom. The molecule has 0 spiro atoms. The van der Waals surface area contributed by atoms with Crippen LogP contribution in [-0.2, 0) is 17.8 Å². The number of amides is 1. The molecule has 4 heteroatoms. The lowest BCUT2D eigenvalue weighted by molar-refractivity contribution is -0.121. The molecular weight excluding hydrogens is 326 g/mol. The van der Waals surface area contributed by atoms with Crippen LogP contribution in [0.3, 0.4) is 0 Å². The Morgan fingerprint density at radius 2 is 1.81 bits per heavy atom. The zero-order valence-corrected chi connectivity index (χ0v) is 15.4. The summed E-state index contributed by atoms with van der Waals surface area (Å²) in [7, 11) is 1.64. The first kappa shape index (κ1) is 18.3. The van der Waals surface area contributed by atoms with Crippen LogP contribution in [0.25, 0.3) is 0 Å². The highest BCUT2D eigenvalue weighted by Gasteiger charge is 2.16. The molecule has 0 atom stereocenters. The molecule has 2 aromatic carbocycles. The molecule has 138 valence electrons. The van der Waals surface area contributed by atoms with Gasteiger partial charge >= 0.3 is 0 Å². The number of hydrogen-bond acceptors (Lipinski definition) is 3. The van der Waals surface area contributed by atoms with Gasteiger partial charge in [-0.2, -0.15) is 0 Å². The Labute approximate surface area is 155 Å². The van der Waals surface area contributed by atoms with Gasteiger partial charge in [0.15, 0.2) is 0 Å². The molecule has 1 fully saturated rings. The number of aryl methyl sites for hydroxylation is 1. The van der Waals surface area contributed by atoms with Crippen LogP contribution in [0.5, 0.6) is 11.5 Å². The normalized spacial score (nSPS) is 14.2. The van der Waals surface area contributed by atoms with Gasteiger partial charge in [-0.1, -0.05) is 24.3 Å². The molecule has 0 radical (unpaired) electrons. The fourth-order valence-electron chi connectivity index (χ4n) is 3.26. The number of carbonyl (C=O) groups excluding carboxylic acids is 1. The maximum Gasteiger partial charge on any atom is 0.220 e. The zero-order chi connectivity index (χ0) is 18.2. The second-order valence-corrected chi connectivity index (χ2v) is 6.80. The molecule has 1 N–H and O–H groups in total. The second kappa shape index (κ2) is 9.27. The Bertz CT molecular complexity index is 706. The fraction of sp³-hybridized carbons (Fsp3) is 0.409. The summed E-state index contributed by atoms with van der Waals surface area (Å²) in [4.78, 5) is 12.1. The topological polar surface area (TPSA) is 47.6 Å². The van der Waals surface area contributed by atoms with Crippen LogP contribution in [0.2, 0.25) is 0 Å². The van der Waals surface area contributed by atoms with Gasteiger partial charge in [-0.15, -0.1) is 0 Å². The van der Waals surface area contributed by atoms with E-state index in [1.807, 2.05) is 36.4 Å². The van der Waals surface area contributed by atoms with E-state index in [0.29, 0.717) is 19.1 Å². The molecule has 0 aliphatic heterocycles. The SMILES string of the molecule is COc1ccc(CNC(=O)CCc2cccc(OC3CCCC3)c2)cc1. The molecule has 4 nitrogen and oxygen atoms in total. The third-order valence-corrected chi connectivity index (χ3v) is 4.79. The number of rotatable bonds is 8. The number of ether oxygens (including phenoxy) is 2. The third kappa shape index (κ3) is 5.51. The standard InChI is InChI=1S/C22H27NO3/c1-25-19-12-9-18(10-13-19)16-23-22(24)14-11-17-5-4-8-21(15-17)26-20-6-2-3-7-20/h4-5,8-10,12-13,15,20H,2-3,6-7,11,14,16H2,1H3,(H,23,24). The average Bonchev–Trinajstić information content (AvgIpc) is 3.18. The molecular formula is C22H27NO3. The van der Waals surface area contributed by atoms with Crippen molar-refractivity contribution in [2.24, 2.45) is 0 Å². The highest BCUT2D eigenvalue weighted by molar-refractivity contribution is 5.76. The largest absolute Gasteiger partial charge is 0.497 e. The van der Waals surface area contributed by atoms with E-state index in [1.165, 1.54) is 12.8 Å². The quantitative estimate of drug-likeness (QED) is 0.771. The second-order valence-electron chi connectivity index (χ2n) is 6.80. The summed E-state index contributed by atoms with van der Waals surface area (Å²) < 4.78 is 11.2. The van der Waals surface area contributed by atoms with Crippen molar-refractivity contribution in [3.8, 4) is 11.5 Å². The lowest BCUT2D eigenvalue weighted by atomic mass is 10.1. The minimum absolute atomic E-state index is 0.0583. The smallest absolute Gasteiger partial charge is 0.220 e. The number of nitrogens with one attached hydrogen (secondary N) is 1. The van der Waals surface area contributed by atoms with E-state index in [4.69, 9.17) is 9.47 Å². The molecule has 2 aromatic rings. The molecule has 1 saturated carbocycles. The molecule has 1 aliphatic rings. The number of carbonyl (C=O) groups is 1. The summed E-state index contributed by atoms with van der Waals surface area (Å²) in [6.07, 6.45) is 6.38. The minimum atomic E-state index is 0.0583. The van der Waals surface area contributed by atoms with Crippen molar-refractivity contribution in [2.45, 2.75) is 51.2 Å². The van der Waals surface area contributed by atoms with Gasteiger partial charge in [-0.3, -0.25) is 4.79 Å². The summed E-state index contributed by atoms with van der Waals surface area (Å²) in [5.41, 5.74) is 2.20. The van der Waals surface area contributed by atoms with E-state index >= 15 is 0 Å². The minimum Gasteiger partial charge on any atom is -0.497 e. The third-order valence-electron chi connectivity index (χ3n) is 4.79. The Hall–Kier alpha value is -2.49. The van der Waals surface area contributed by atoms with Crippen LogP contribution in [0.4, 0.5) is 0 Å². The first-order valence-electron chi connectivity index (χ1n) is 9.38. The van der Waals surface area contributed by atoms with E-state index in [-0.39, 0.29) is 5.91 Å². The van der Waals surface area contributed by atoms with Crippen LogP contribution in [0.15, 0.2) is 48.5 Å². The van der Waals surface area contributed by atoms with Gasteiger partial charge in [-0.05, 0) is 67.5 Å². The maximum atomic E-state index is 12.1. The predicted octanol–water partition coefficient (Wildman–Crippen LogP) is 4.27. The van der Waals surface area contributed by atoms with Crippen molar-refractivity contribution >= 4 is 5.91 Å². The molecule has 1 aliphatic carbocycles. The van der Waals surface area contributed by atoms with Crippen LogP contribution in [0, 0.1) is 0 Å².